The van der Waals surface area contributed by atoms with E-state index in [0.29, 0.717) is 17.8 Å². The van der Waals surface area contributed by atoms with E-state index in [9.17, 15) is 14.3 Å². The summed E-state index contributed by atoms with van der Waals surface area (Å²) in [6.45, 7) is 5.38. The van der Waals surface area contributed by atoms with Gasteiger partial charge in [0.05, 0.1) is 18.8 Å². The van der Waals surface area contributed by atoms with Gasteiger partial charge in [-0.1, -0.05) is 26.8 Å². The van der Waals surface area contributed by atoms with Crippen LogP contribution < -0.4 is 16.0 Å². The monoisotopic (exact) mass is 361 g/mol. The number of aromatic nitrogens is 2. The Labute approximate surface area is 152 Å². The van der Waals surface area contributed by atoms with Crippen molar-refractivity contribution in [3.05, 3.63) is 36.3 Å². The van der Waals surface area contributed by atoms with Crippen molar-refractivity contribution in [3.8, 4) is 0 Å². The molecule has 1 aromatic carbocycles. The van der Waals surface area contributed by atoms with Crippen LogP contribution in [0.2, 0.25) is 0 Å². The number of benzene rings is 1. The molecule has 8 heteroatoms. The molecule has 0 bridgehead atoms. The van der Waals surface area contributed by atoms with E-state index in [1.165, 1.54) is 0 Å². The summed E-state index contributed by atoms with van der Waals surface area (Å²) in [5.41, 5.74) is 1.29. The molecule has 1 heterocycles. The number of hydrogen-bond donors (Lipinski definition) is 4. The fraction of sp³-hybridized carbons (Fsp3) is 0.389. The highest BCUT2D eigenvalue weighted by atomic mass is 19.1. The molecule has 1 aromatic heterocycles. The van der Waals surface area contributed by atoms with E-state index in [0.717, 1.165) is 6.20 Å². The highest BCUT2D eigenvalue weighted by Crippen LogP contribution is 2.20. The van der Waals surface area contributed by atoms with Gasteiger partial charge < -0.3 is 21.1 Å². The second-order valence-electron chi connectivity index (χ2n) is 6.17. The SMILES string of the molecule is CC[C@@H](CO)Nc1nc(Nc2cccc(NC(=O)C(C)C)c2)ncc1F. The van der Waals surface area contributed by atoms with Crippen LogP contribution in [0.4, 0.5) is 27.5 Å². The van der Waals surface area contributed by atoms with Gasteiger partial charge in [-0.2, -0.15) is 4.98 Å². The van der Waals surface area contributed by atoms with Gasteiger partial charge in [0.25, 0.3) is 0 Å². The zero-order valence-electron chi connectivity index (χ0n) is 15.1. The largest absolute Gasteiger partial charge is 0.394 e. The van der Waals surface area contributed by atoms with Crippen molar-refractivity contribution < 1.29 is 14.3 Å². The number of amides is 1. The number of nitrogens with one attached hydrogen (secondary N) is 3. The molecule has 2 rings (SSSR count). The molecule has 1 amide bonds. The minimum atomic E-state index is -0.597. The molecule has 0 fully saturated rings. The molecule has 2 aromatic rings. The van der Waals surface area contributed by atoms with Crippen LogP contribution >= 0.6 is 0 Å². The van der Waals surface area contributed by atoms with Crippen LogP contribution in [-0.4, -0.2) is 33.6 Å². The second kappa shape index (κ2) is 9.10. The van der Waals surface area contributed by atoms with Crippen molar-refractivity contribution in [1.82, 2.24) is 9.97 Å². The van der Waals surface area contributed by atoms with Gasteiger partial charge in [-0.3, -0.25) is 4.79 Å². The van der Waals surface area contributed by atoms with E-state index in [1.807, 2.05) is 20.8 Å². The van der Waals surface area contributed by atoms with Crippen molar-refractivity contribution in [3.63, 3.8) is 0 Å². The lowest BCUT2D eigenvalue weighted by molar-refractivity contribution is -0.118. The van der Waals surface area contributed by atoms with E-state index in [1.54, 1.807) is 24.3 Å². The van der Waals surface area contributed by atoms with Gasteiger partial charge in [0, 0.05) is 17.3 Å². The summed E-state index contributed by atoms with van der Waals surface area (Å²) in [5.74, 6) is -0.581. The Morgan fingerprint density at radius 2 is 2.04 bits per heavy atom. The first-order valence-corrected chi connectivity index (χ1v) is 8.50. The first-order valence-electron chi connectivity index (χ1n) is 8.50. The lowest BCUT2D eigenvalue weighted by atomic mass is 10.2. The summed E-state index contributed by atoms with van der Waals surface area (Å²) in [5, 5.41) is 17.9. The third kappa shape index (κ3) is 5.38. The number of carbonyl (C=O) groups excluding carboxylic acids is 1. The fourth-order valence-electron chi connectivity index (χ4n) is 2.09. The highest BCUT2D eigenvalue weighted by Gasteiger charge is 2.12. The number of aliphatic hydroxyl groups excluding tert-OH is 1. The Hall–Kier alpha value is -2.74. The van der Waals surface area contributed by atoms with Crippen molar-refractivity contribution in [2.24, 2.45) is 5.92 Å². The van der Waals surface area contributed by atoms with Gasteiger partial charge in [-0.15, -0.1) is 0 Å². The van der Waals surface area contributed by atoms with Gasteiger partial charge in [-0.05, 0) is 24.6 Å². The lowest BCUT2D eigenvalue weighted by Gasteiger charge is -2.16. The van der Waals surface area contributed by atoms with Gasteiger partial charge in [0.1, 0.15) is 0 Å². The number of anilines is 4. The van der Waals surface area contributed by atoms with Crippen LogP contribution in [0.3, 0.4) is 0 Å². The van der Waals surface area contributed by atoms with Crippen LogP contribution in [0.1, 0.15) is 27.2 Å². The number of halogens is 1. The minimum absolute atomic E-state index is 0.0210. The molecule has 0 aliphatic carbocycles. The van der Waals surface area contributed by atoms with E-state index >= 15 is 0 Å². The summed E-state index contributed by atoms with van der Waals surface area (Å²) >= 11 is 0. The molecule has 0 unspecified atom stereocenters. The molecule has 140 valence electrons. The number of hydrogen-bond acceptors (Lipinski definition) is 6. The molecule has 1 atom stereocenters. The first-order chi connectivity index (χ1) is 12.4. The Morgan fingerprint density at radius 3 is 2.69 bits per heavy atom. The maximum absolute atomic E-state index is 13.9. The predicted octanol–water partition coefficient (Wildman–Crippen LogP) is 3.14. The van der Waals surface area contributed by atoms with Gasteiger partial charge in [0.15, 0.2) is 11.6 Å². The number of aliphatic hydroxyl groups is 1. The van der Waals surface area contributed by atoms with Crippen LogP contribution in [0.15, 0.2) is 30.5 Å². The van der Waals surface area contributed by atoms with Gasteiger partial charge in [0.2, 0.25) is 11.9 Å². The predicted molar refractivity (Wildman–Crippen MR) is 100.0 cm³/mol. The van der Waals surface area contributed by atoms with Crippen molar-refractivity contribution in [1.29, 1.82) is 0 Å². The maximum atomic E-state index is 13.9. The number of nitrogens with zero attached hydrogens (tertiary/aromatic N) is 2. The summed E-state index contributed by atoms with van der Waals surface area (Å²) in [7, 11) is 0. The van der Waals surface area contributed by atoms with E-state index in [4.69, 9.17) is 0 Å². The smallest absolute Gasteiger partial charge is 0.229 e. The van der Waals surface area contributed by atoms with Gasteiger partial charge >= 0.3 is 0 Å². The quantitative estimate of drug-likeness (QED) is 0.576. The maximum Gasteiger partial charge on any atom is 0.229 e. The third-order valence-corrected chi connectivity index (χ3v) is 3.71. The molecular weight excluding hydrogens is 337 g/mol. The Morgan fingerprint density at radius 1 is 1.31 bits per heavy atom. The average Bonchev–Trinajstić information content (AvgIpc) is 2.62. The third-order valence-electron chi connectivity index (χ3n) is 3.71. The van der Waals surface area contributed by atoms with Crippen molar-refractivity contribution in [2.45, 2.75) is 33.2 Å². The topological polar surface area (TPSA) is 99.2 Å². The van der Waals surface area contributed by atoms with E-state index < -0.39 is 5.82 Å². The van der Waals surface area contributed by atoms with Crippen LogP contribution in [0.5, 0.6) is 0 Å². The fourth-order valence-corrected chi connectivity index (χ4v) is 2.09. The molecule has 7 nitrogen and oxygen atoms in total. The summed E-state index contributed by atoms with van der Waals surface area (Å²) in [4.78, 5) is 19.8. The molecule has 4 N–H and O–H groups in total. The summed E-state index contributed by atoms with van der Waals surface area (Å²) < 4.78 is 13.9. The van der Waals surface area contributed by atoms with Crippen molar-refractivity contribution in [2.75, 3.05) is 22.6 Å². The molecule has 0 aliphatic rings. The van der Waals surface area contributed by atoms with Crippen LogP contribution in [0, 0.1) is 11.7 Å². The molecule has 26 heavy (non-hydrogen) atoms. The van der Waals surface area contributed by atoms with Crippen LogP contribution in [0.25, 0.3) is 0 Å². The molecule has 0 aliphatic heterocycles. The number of rotatable bonds is 8. The Balaban J connectivity index is 2.14. The minimum Gasteiger partial charge on any atom is -0.394 e. The Bertz CT molecular complexity index is 750. The van der Waals surface area contributed by atoms with Gasteiger partial charge in [-0.25, -0.2) is 9.37 Å². The molecule has 0 saturated carbocycles. The normalized spacial score (nSPS) is 11.9. The zero-order chi connectivity index (χ0) is 19.1. The standard InChI is InChI=1S/C18H24FN5O2/c1-4-12(10-25)21-16-15(19)9-20-18(24-16)23-14-7-5-6-13(8-14)22-17(26)11(2)3/h5-9,11-12,25H,4,10H2,1-3H3,(H,22,26)(H2,20,21,23,24)/t12-/m0/s1. The average molecular weight is 361 g/mol. The molecule has 0 saturated heterocycles. The summed E-state index contributed by atoms with van der Waals surface area (Å²) in [6, 6.07) is 6.79. The first kappa shape index (κ1) is 19.6. The molecular formula is C18H24FN5O2. The van der Waals surface area contributed by atoms with E-state index in [2.05, 4.69) is 25.9 Å². The summed E-state index contributed by atoms with van der Waals surface area (Å²) in [6.07, 6.45) is 1.69. The van der Waals surface area contributed by atoms with Crippen molar-refractivity contribution >= 4 is 29.0 Å². The molecule has 0 radical (unpaired) electrons. The van der Waals surface area contributed by atoms with Crippen LogP contribution in [-0.2, 0) is 4.79 Å². The number of carbonyl (C=O) groups is 1. The molecule has 0 spiro atoms. The zero-order valence-corrected chi connectivity index (χ0v) is 15.1. The Kier molecular flexibility index (Phi) is 6.85. The van der Waals surface area contributed by atoms with E-state index in [-0.39, 0.29) is 36.2 Å². The lowest BCUT2D eigenvalue weighted by Crippen LogP contribution is -2.24. The second-order valence-corrected chi connectivity index (χ2v) is 6.17. The highest BCUT2D eigenvalue weighted by molar-refractivity contribution is 5.92.